The maximum absolute atomic E-state index is 12.5. The summed E-state index contributed by atoms with van der Waals surface area (Å²) in [6, 6.07) is 13.4. The van der Waals surface area contributed by atoms with E-state index < -0.39 is 5.97 Å². The van der Waals surface area contributed by atoms with Gasteiger partial charge < -0.3 is 10.0 Å². The van der Waals surface area contributed by atoms with Crippen LogP contribution in [0.2, 0.25) is 0 Å². The van der Waals surface area contributed by atoms with Crippen molar-refractivity contribution in [2.24, 2.45) is 0 Å². The Hall–Kier alpha value is -2.62. The molecule has 0 unspecified atom stereocenters. The van der Waals surface area contributed by atoms with Crippen molar-refractivity contribution in [2.75, 3.05) is 6.54 Å². The molecule has 1 aliphatic rings. The van der Waals surface area contributed by atoms with E-state index in [-0.39, 0.29) is 11.5 Å². The van der Waals surface area contributed by atoms with E-state index in [1.165, 1.54) is 11.1 Å². The molecule has 2 aromatic carbocycles. The summed E-state index contributed by atoms with van der Waals surface area (Å²) in [4.78, 5) is 25.4. The van der Waals surface area contributed by atoms with Gasteiger partial charge in [-0.05, 0) is 48.6 Å². The lowest BCUT2D eigenvalue weighted by Gasteiger charge is -2.29. The van der Waals surface area contributed by atoms with Gasteiger partial charge in [-0.25, -0.2) is 4.79 Å². The second-order valence-corrected chi connectivity index (χ2v) is 6.34. The van der Waals surface area contributed by atoms with Crippen LogP contribution < -0.4 is 0 Å². The van der Waals surface area contributed by atoms with Crippen molar-refractivity contribution in [3.05, 3.63) is 70.3 Å². The molecule has 0 aliphatic carbocycles. The molecule has 4 heteroatoms. The molecule has 2 aromatic rings. The quantitative estimate of drug-likeness (QED) is 0.940. The lowest BCUT2D eigenvalue weighted by atomic mass is 9.97. The molecule has 24 heavy (non-hydrogen) atoms. The normalized spacial score (nSPS) is 13.5. The van der Waals surface area contributed by atoms with Gasteiger partial charge in [-0.15, -0.1) is 0 Å². The highest BCUT2D eigenvalue weighted by molar-refractivity contribution is 5.88. The zero-order valence-electron chi connectivity index (χ0n) is 13.8. The van der Waals surface area contributed by atoms with Gasteiger partial charge in [-0.3, -0.25) is 4.79 Å². The topological polar surface area (TPSA) is 57.6 Å². The number of aryl methyl sites for hydroxylation is 2. The van der Waals surface area contributed by atoms with Crippen LogP contribution in [0, 0.1) is 6.92 Å². The van der Waals surface area contributed by atoms with Crippen LogP contribution in [0.1, 0.15) is 39.0 Å². The van der Waals surface area contributed by atoms with Crippen molar-refractivity contribution >= 4 is 11.9 Å². The number of benzene rings is 2. The number of amides is 1. The predicted octanol–water partition coefficient (Wildman–Crippen LogP) is 3.21. The summed E-state index contributed by atoms with van der Waals surface area (Å²) in [5.41, 5.74) is 4.75. The Balaban J connectivity index is 1.65. The van der Waals surface area contributed by atoms with Gasteiger partial charge in [0, 0.05) is 19.5 Å². The number of carboxylic acid groups (broad SMARTS) is 1. The molecule has 0 saturated heterocycles. The summed E-state index contributed by atoms with van der Waals surface area (Å²) < 4.78 is 0. The van der Waals surface area contributed by atoms with E-state index in [1.54, 1.807) is 12.1 Å². The van der Waals surface area contributed by atoms with E-state index in [1.807, 2.05) is 36.1 Å². The fourth-order valence-corrected chi connectivity index (χ4v) is 3.18. The van der Waals surface area contributed by atoms with E-state index in [9.17, 15) is 9.59 Å². The van der Waals surface area contributed by atoms with E-state index >= 15 is 0 Å². The molecule has 0 atom stereocenters. The number of rotatable bonds is 4. The van der Waals surface area contributed by atoms with Crippen molar-refractivity contribution in [1.29, 1.82) is 0 Å². The number of carbonyl (C=O) groups excluding carboxylic acids is 1. The standard InChI is InChI=1S/C20H21NO3/c1-14-3-2-4-15(11-14)5-8-19(22)21-10-9-16-6-7-17(20(23)24)12-18(16)13-21/h2-4,6-7,11-12H,5,8-10,13H2,1H3,(H,23,24). The number of carbonyl (C=O) groups is 2. The molecule has 0 bridgehead atoms. The summed E-state index contributed by atoms with van der Waals surface area (Å²) in [6.45, 7) is 3.25. The van der Waals surface area contributed by atoms with Crippen LogP contribution in [0.25, 0.3) is 0 Å². The SMILES string of the molecule is Cc1cccc(CCC(=O)N2CCc3ccc(C(=O)O)cc3C2)c1. The minimum absolute atomic E-state index is 0.128. The van der Waals surface area contributed by atoms with Gasteiger partial charge in [0.25, 0.3) is 0 Å². The molecule has 3 rings (SSSR count). The molecule has 0 saturated carbocycles. The molecule has 1 N–H and O–H groups in total. The van der Waals surface area contributed by atoms with Crippen LogP contribution in [0.4, 0.5) is 0 Å². The van der Waals surface area contributed by atoms with E-state index in [0.717, 1.165) is 24.0 Å². The molecule has 1 aliphatic heterocycles. The predicted molar refractivity (Wildman–Crippen MR) is 92.0 cm³/mol. The van der Waals surface area contributed by atoms with Crippen molar-refractivity contribution < 1.29 is 14.7 Å². The highest BCUT2D eigenvalue weighted by Crippen LogP contribution is 2.21. The van der Waals surface area contributed by atoms with Gasteiger partial charge in [0.05, 0.1) is 5.56 Å². The number of fused-ring (bicyclic) bond motifs is 1. The molecule has 0 radical (unpaired) electrons. The Labute approximate surface area is 141 Å². The first-order valence-corrected chi connectivity index (χ1v) is 8.21. The first-order valence-electron chi connectivity index (χ1n) is 8.21. The lowest BCUT2D eigenvalue weighted by Crippen LogP contribution is -2.36. The fraction of sp³-hybridized carbons (Fsp3) is 0.300. The third kappa shape index (κ3) is 3.65. The summed E-state index contributed by atoms with van der Waals surface area (Å²) in [6.07, 6.45) is 2.00. The van der Waals surface area contributed by atoms with Gasteiger partial charge in [0.15, 0.2) is 0 Å². The van der Waals surface area contributed by atoms with Crippen molar-refractivity contribution in [3.63, 3.8) is 0 Å². The third-order valence-electron chi connectivity index (χ3n) is 4.53. The van der Waals surface area contributed by atoms with Crippen LogP contribution in [0.5, 0.6) is 0 Å². The van der Waals surface area contributed by atoms with Gasteiger partial charge in [-0.2, -0.15) is 0 Å². The molecular formula is C20H21NO3. The summed E-state index contributed by atoms with van der Waals surface area (Å²) in [5, 5.41) is 9.11. The Morgan fingerprint density at radius 1 is 1.12 bits per heavy atom. The third-order valence-corrected chi connectivity index (χ3v) is 4.53. The molecule has 0 aromatic heterocycles. The van der Waals surface area contributed by atoms with Crippen LogP contribution in [-0.2, 0) is 24.2 Å². The highest BCUT2D eigenvalue weighted by Gasteiger charge is 2.21. The van der Waals surface area contributed by atoms with Crippen molar-refractivity contribution in [2.45, 2.75) is 32.7 Å². The highest BCUT2D eigenvalue weighted by atomic mass is 16.4. The monoisotopic (exact) mass is 323 g/mol. The van der Waals surface area contributed by atoms with E-state index in [4.69, 9.17) is 5.11 Å². The molecule has 0 spiro atoms. The zero-order valence-corrected chi connectivity index (χ0v) is 13.8. The van der Waals surface area contributed by atoms with Crippen LogP contribution in [-0.4, -0.2) is 28.4 Å². The van der Waals surface area contributed by atoms with Crippen molar-refractivity contribution in [1.82, 2.24) is 4.90 Å². The maximum atomic E-state index is 12.5. The van der Waals surface area contributed by atoms with Crippen LogP contribution >= 0.6 is 0 Å². The second kappa shape index (κ2) is 6.87. The molecular weight excluding hydrogens is 302 g/mol. The molecule has 4 nitrogen and oxygen atoms in total. The molecule has 1 amide bonds. The average Bonchev–Trinajstić information content (AvgIpc) is 2.58. The Morgan fingerprint density at radius 2 is 1.96 bits per heavy atom. The first kappa shape index (κ1) is 16.2. The summed E-state index contributed by atoms with van der Waals surface area (Å²) >= 11 is 0. The minimum atomic E-state index is -0.930. The van der Waals surface area contributed by atoms with E-state index in [0.29, 0.717) is 19.5 Å². The fourth-order valence-electron chi connectivity index (χ4n) is 3.18. The van der Waals surface area contributed by atoms with E-state index in [2.05, 4.69) is 6.07 Å². The number of aromatic carboxylic acids is 1. The van der Waals surface area contributed by atoms with Crippen LogP contribution in [0.15, 0.2) is 42.5 Å². The smallest absolute Gasteiger partial charge is 0.335 e. The number of carboxylic acids is 1. The Bertz CT molecular complexity index is 782. The van der Waals surface area contributed by atoms with Gasteiger partial charge in [-0.1, -0.05) is 35.9 Å². The molecule has 124 valence electrons. The lowest BCUT2D eigenvalue weighted by molar-refractivity contribution is -0.132. The average molecular weight is 323 g/mol. The van der Waals surface area contributed by atoms with Gasteiger partial charge in [0.2, 0.25) is 5.91 Å². The van der Waals surface area contributed by atoms with Gasteiger partial charge >= 0.3 is 5.97 Å². The van der Waals surface area contributed by atoms with Crippen molar-refractivity contribution in [3.8, 4) is 0 Å². The largest absolute Gasteiger partial charge is 0.478 e. The Morgan fingerprint density at radius 3 is 2.71 bits per heavy atom. The summed E-state index contributed by atoms with van der Waals surface area (Å²) in [7, 11) is 0. The Kier molecular flexibility index (Phi) is 4.65. The van der Waals surface area contributed by atoms with Crippen LogP contribution in [0.3, 0.4) is 0 Å². The minimum Gasteiger partial charge on any atom is -0.478 e. The number of nitrogens with zero attached hydrogens (tertiary/aromatic N) is 1. The molecule has 0 fully saturated rings. The zero-order chi connectivity index (χ0) is 17.1. The molecule has 1 heterocycles. The van der Waals surface area contributed by atoms with Gasteiger partial charge in [0.1, 0.15) is 0 Å². The first-order chi connectivity index (χ1) is 11.5. The number of hydrogen-bond acceptors (Lipinski definition) is 2. The summed E-state index contributed by atoms with van der Waals surface area (Å²) in [5.74, 6) is -0.802. The second-order valence-electron chi connectivity index (χ2n) is 6.34. The maximum Gasteiger partial charge on any atom is 0.335 e. The number of hydrogen-bond donors (Lipinski definition) is 1.